The highest BCUT2D eigenvalue weighted by Crippen LogP contribution is 2.32. The second kappa shape index (κ2) is 9.47. The molecule has 0 aliphatic carbocycles. The molecule has 0 bridgehead atoms. The fourth-order valence-electron chi connectivity index (χ4n) is 2.23. The molecule has 140 valence electrons. The van der Waals surface area contributed by atoms with E-state index in [1.54, 1.807) is 6.92 Å². The molecule has 25 heavy (non-hydrogen) atoms. The van der Waals surface area contributed by atoms with Crippen molar-refractivity contribution in [3.63, 3.8) is 0 Å². The van der Waals surface area contributed by atoms with E-state index >= 15 is 0 Å². The van der Waals surface area contributed by atoms with Gasteiger partial charge in [-0.3, -0.25) is 4.99 Å². The van der Waals surface area contributed by atoms with Crippen molar-refractivity contribution in [1.29, 1.82) is 0 Å². The van der Waals surface area contributed by atoms with Crippen LogP contribution in [0.3, 0.4) is 0 Å². The third kappa shape index (κ3) is 6.43. The number of rotatable bonds is 9. The van der Waals surface area contributed by atoms with E-state index in [1.165, 1.54) is 0 Å². The molecular weight excluding hydrogens is 344 g/mol. The van der Waals surface area contributed by atoms with Gasteiger partial charge in [0.15, 0.2) is 17.5 Å². The van der Waals surface area contributed by atoms with Crippen molar-refractivity contribution in [3.05, 3.63) is 23.8 Å². The van der Waals surface area contributed by atoms with Gasteiger partial charge in [-0.25, -0.2) is 13.1 Å². The largest absolute Gasteiger partial charge is 0.454 e. The van der Waals surface area contributed by atoms with Gasteiger partial charge in [-0.2, -0.15) is 0 Å². The maximum Gasteiger partial charge on any atom is 0.231 e. The maximum atomic E-state index is 11.4. The molecule has 0 radical (unpaired) electrons. The van der Waals surface area contributed by atoms with Gasteiger partial charge in [-0.05, 0) is 38.0 Å². The van der Waals surface area contributed by atoms with Crippen LogP contribution in [0, 0.1) is 0 Å². The normalized spacial score (nSPS) is 13.8. The quantitative estimate of drug-likeness (QED) is 0.332. The third-order valence-corrected chi connectivity index (χ3v) is 4.98. The summed E-state index contributed by atoms with van der Waals surface area (Å²) in [6.07, 6.45) is 0.809. The average molecular weight is 370 g/mol. The van der Waals surface area contributed by atoms with E-state index in [-0.39, 0.29) is 19.1 Å². The summed E-state index contributed by atoms with van der Waals surface area (Å²) < 4.78 is 35.9. The van der Waals surface area contributed by atoms with Gasteiger partial charge in [0.25, 0.3) is 0 Å². The van der Waals surface area contributed by atoms with Crippen molar-refractivity contribution < 1.29 is 17.9 Å². The molecule has 9 heteroatoms. The SMILES string of the molecule is CCNC(=NCCNS(=O)(=O)CC)NCCc1ccc2c(c1)OCO2. The molecule has 8 nitrogen and oxygen atoms in total. The smallest absolute Gasteiger partial charge is 0.231 e. The Morgan fingerprint density at radius 1 is 1.16 bits per heavy atom. The molecule has 1 aliphatic rings. The predicted molar refractivity (Wildman–Crippen MR) is 97.7 cm³/mol. The van der Waals surface area contributed by atoms with Gasteiger partial charge in [-0.1, -0.05) is 6.07 Å². The topological polar surface area (TPSA) is 101 Å². The van der Waals surface area contributed by atoms with E-state index in [9.17, 15) is 8.42 Å². The van der Waals surface area contributed by atoms with Crippen molar-refractivity contribution in [2.75, 3.05) is 38.7 Å². The number of fused-ring (bicyclic) bond motifs is 1. The molecule has 0 spiro atoms. The first-order valence-corrected chi connectivity index (χ1v) is 10.1. The minimum atomic E-state index is -3.17. The first-order valence-electron chi connectivity index (χ1n) is 8.42. The lowest BCUT2D eigenvalue weighted by Gasteiger charge is -2.11. The molecule has 1 aromatic carbocycles. The molecular formula is C16H26N4O4S. The predicted octanol–water partition coefficient (Wildman–Crippen LogP) is 0.452. The van der Waals surface area contributed by atoms with Crippen LogP contribution in [-0.4, -0.2) is 53.1 Å². The lowest BCUT2D eigenvalue weighted by molar-refractivity contribution is 0.174. The monoisotopic (exact) mass is 370 g/mol. The van der Waals surface area contributed by atoms with Crippen molar-refractivity contribution in [2.45, 2.75) is 20.3 Å². The summed E-state index contributed by atoms with van der Waals surface area (Å²) in [5, 5.41) is 6.38. The Morgan fingerprint density at radius 3 is 2.72 bits per heavy atom. The fourth-order valence-corrected chi connectivity index (χ4v) is 2.84. The number of sulfonamides is 1. The zero-order valence-corrected chi connectivity index (χ0v) is 15.5. The lowest BCUT2D eigenvalue weighted by atomic mass is 10.1. The number of nitrogens with one attached hydrogen (secondary N) is 3. The average Bonchev–Trinajstić information content (AvgIpc) is 3.06. The van der Waals surface area contributed by atoms with Crippen LogP contribution in [0.1, 0.15) is 19.4 Å². The summed E-state index contributed by atoms with van der Waals surface area (Å²) in [5.74, 6) is 2.30. The molecule has 2 rings (SSSR count). The number of guanidine groups is 1. The van der Waals surface area contributed by atoms with E-state index in [2.05, 4.69) is 20.3 Å². The van der Waals surface area contributed by atoms with Crippen LogP contribution in [-0.2, 0) is 16.4 Å². The van der Waals surface area contributed by atoms with Gasteiger partial charge in [0.1, 0.15) is 0 Å². The molecule has 1 heterocycles. The number of aliphatic imine (C=N–C) groups is 1. The van der Waals surface area contributed by atoms with Crippen LogP contribution in [0.4, 0.5) is 0 Å². The summed E-state index contributed by atoms with van der Waals surface area (Å²) in [7, 11) is -3.17. The van der Waals surface area contributed by atoms with Gasteiger partial charge in [-0.15, -0.1) is 0 Å². The minimum Gasteiger partial charge on any atom is -0.454 e. The molecule has 0 unspecified atom stereocenters. The van der Waals surface area contributed by atoms with Crippen LogP contribution in [0.15, 0.2) is 23.2 Å². The van der Waals surface area contributed by atoms with Crippen LogP contribution >= 0.6 is 0 Å². The number of benzene rings is 1. The zero-order chi connectivity index (χ0) is 18.1. The van der Waals surface area contributed by atoms with Gasteiger partial charge < -0.3 is 20.1 Å². The highest BCUT2D eigenvalue weighted by Gasteiger charge is 2.13. The van der Waals surface area contributed by atoms with E-state index in [0.717, 1.165) is 30.0 Å². The lowest BCUT2D eigenvalue weighted by Crippen LogP contribution is -2.39. The first-order chi connectivity index (χ1) is 12.0. The zero-order valence-electron chi connectivity index (χ0n) is 14.7. The van der Waals surface area contributed by atoms with Crippen LogP contribution in [0.5, 0.6) is 11.5 Å². The summed E-state index contributed by atoms with van der Waals surface area (Å²) in [6.45, 7) is 5.95. The van der Waals surface area contributed by atoms with Gasteiger partial charge in [0.2, 0.25) is 16.8 Å². The van der Waals surface area contributed by atoms with Crippen LogP contribution in [0.25, 0.3) is 0 Å². The molecule has 0 fully saturated rings. The molecule has 1 aromatic rings. The summed E-state index contributed by atoms with van der Waals surface area (Å²) in [6, 6.07) is 5.91. The molecule has 1 aliphatic heterocycles. The summed E-state index contributed by atoms with van der Waals surface area (Å²) >= 11 is 0. The van der Waals surface area contributed by atoms with Crippen molar-refractivity contribution in [2.24, 2.45) is 4.99 Å². The highest BCUT2D eigenvalue weighted by molar-refractivity contribution is 7.89. The standard InChI is InChI=1S/C16H26N4O4S/c1-3-17-16(19-9-10-20-25(21,22)4-2)18-8-7-13-5-6-14-15(11-13)24-12-23-14/h5-6,11,20H,3-4,7-10,12H2,1-2H3,(H2,17,18,19). The van der Waals surface area contributed by atoms with Gasteiger partial charge in [0.05, 0.1) is 12.3 Å². The number of hydrogen-bond donors (Lipinski definition) is 3. The third-order valence-electron chi connectivity index (χ3n) is 3.57. The van der Waals surface area contributed by atoms with Gasteiger partial charge >= 0.3 is 0 Å². The number of ether oxygens (including phenoxy) is 2. The molecule has 0 atom stereocenters. The second-order valence-electron chi connectivity index (χ2n) is 5.42. The first kappa shape index (κ1) is 19.3. The summed E-state index contributed by atoms with van der Waals surface area (Å²) in [4.78, 5) is 4.36. The maximum absolute atomic E-state index is 11.4. The van der Waals surface area contributed by atoms with E-state index in [0.29, 0.717) is 19.0 Å². The Morgan fingerprint density at radius 2 is 1.96 bits per heavy atom. The van der Waals surface area contributed by atoms with Gasteiger partial charge in [0, 0.05) is 19.6 Å². The molecule has 0 aromatic heterocycles. The van der Waals surface area contributed by atoms with Crippen molar-refractivity contribution in [3.8, 4) is 11.5 Å². The highest BCUT2D eigenvalue weighted by atomic mass is 32.2. The minimum absolute atomic E-state index is 0.0740. The van der Waals surface area contributed by atoms with E-state index in [1.807, 2.05) is 25.1 Å². The number of nitrogens with zero attached hydrogens (tertiary/aromatic N) is 1. The summed E-state index contributed by atoms with van der Waals surface area (Å²) in [5.41, 5.74) is 1.14. The Balaban J connectivity index is 1.77. The van der Waals surface area contributed by atoms with E-state index < -0.39 is 10.0 Å². The Bertz CT molecular complexity index is 691. The van der Waals surface area contributed by atoms with Crippen LogP contribution < -0.4 is 24.8 Å². The molecule has 0 saturated carbocycles. The number of hydrogen-bond acceptors (Lipinski definition) is 5. The Kier molecular flexibility index (Phi) is 7.32. The Hall–Kier alpha value is -2.00. The van der Waals surface area contributed by atoms with E-state index in [4.69, 9.17) is 9.47 Å². The fraction of sp³-hybridized carbons (Fsp3) is 0.562. The van der Waals surface area contributed by atoms with Crippen molar-refractivity contribution in [1.82, 2.24) is 15.4 Å². The molecule has 0 saturated heterocycles. The van der Waals surface area contributed by atoms with Crippen molar-refractivity contribution >= 4 is 16.0 Å². The molecule has 3 N–H and O–H groups in total. The van der Waals surface area contributed by atoms with Crippen LogP contribution in [0.2, 0.25) is 0 Å². The Labute approximate surface area is 149 Å². The second-order valence-corrected chi connectivity index (χ2v) is 7.52. The molecule has 0 amide bonds.